The minimum atomic E-state index is -0.531. The summed E-state index contributed by atoms with van der Waals surface area (Å²) in [4.78, 5) is 14.7. The summed E-state index contributed by atoms with van der Waals surface area (Å²) in [5, 5.41) is 10.5. The van der Waals surface area contributed by atoms with E-state index >= 15 is 0 Å². The average molecular weight is 295 g/mol. The van der Waals surface area contributed by atoms with Crippen LogP contribution in [0.25, 0.3) is 0 Å². The van der Waals surface area contributed by atoms with Gasteiger partial charge in [0.1, 0.15) is 0 Å². The Balaban J connectivity index is 1.94. The largest absolute Gasteiger partial charge is 0.383 e. The van der Waals surface area contributed by atoms with Crippen LogP contribution in [0.5, 0.6) is 0 Å². The predicted molar refractivity (Wildman–Crippen MR) is 81.3 cm³/mol. The van der Waals surface area contributed by atoms with Crippen molar-refractivity contribution in [3.05, 3.63) is 12.4 Å². The molecule has 0 aliphatic carbocycles. The van der Waals surface area contributed by atoms with Crippen molar-refractivity contribution >= 4 is 11.6 Å². The highest BCUT2D eigenvalue weighted by atomic mass is 16.5. The van der Waals surface area contributed by atoms with Gasteiger partial charge < -0.3 is 15.4 Å². The molecule has 1 saturated heterocycles. The van der Waals surface area contributed by atoms with E-state index in [1.54, 1.807) is 18.0 Å². The van der Waals surface area contributed by atoms with Gasteiger partial charge in [0.05, 0.1) is 30.6 Å². The van der Waals surface area contributed by atoms with Crippen LogP contribution >= 0.6 is 0 Å². The number of carbonyl (C=O) groups is 1. The SMILES string of the molecule is COCCn1cc(NC(=O)C(C)(C)N2CCNCC2)cn1. The van der Waals surface area contributed by atoms with Crippen LogP contribution in [-0.2, 0) is 16.1 Å². The Kier molecular flexibility index (Phi) is 5.33. The lowest BCUT2D eigenvalue weighted by atomic mass is 10.0. The smallest absolute Gasteiger partial charge is 0.244 e. The van der Waals surface area contributed by atoms with Gasteiger partial charge in [0.15, 0.2) is 0 Å². The van der Waals surface area contributed by atoms with E-state index in [-0.39, 0.29) is 5.91 Å². The lowest BCUT2D eigenvalue weighted by Gasteiger charge is -2.39. The summed E-state index contributed by atoms with van der Waals surface area (Å²) in [5.41, 5.74) is 0.191. The first-order valence-corrected chi connectivity index (χ1v) is 7.32. The second-order valence-electron chi connectivity index (χ2n) is 5.74. The van der Waals surface area contributed by atoms with Gasteiger partial charge >= 0.3 is 0 Å². The van der Waals surface area contributed by atoms with E-state index in [1.165, 1.54) is 0 Å². The van der Waals surface area contributed by atoms with Crippen LogP contribution in [0, 0.1) is 0 Å². The van der Waals surface area contributed by atoms with Crippen molar-refractivity contribution in [2.75, 3.05) is 45.2 Å². The molecule has 1 aromatic heterocycles. The van der Waals surface area contributed by atoms with Gasteiger partial charge in [-0.3, -0.25) is 14.4 Å². The molecule has 1 fully saturated rings. The molecule has 0 unspecified atom stereocenters. The fourth-order valence-corrected chi connectivity index (χ4v) is 2.39. The average Bonchev–Trinajstić information content (AvgIpc) is 2.93. The van der Waals surface area contributed by atoms with E-state index in [1.807, 2.05) is 20.0 Å². The zero-order chi connectivity index (χ0) is 15.3. The highest BCUT2D eigenvalue weighted by Crippen LogP contribution is 2.18. The van der Waals surface area contributed by atoms with Crippen molar-refractivity contribution in [1.29, 1.82) is 0 Å². The maximum Gasteiger partial charge on any atom is 0.244 e. The Hall–Kier alpha value is -1.44. The fourth-order valence-electron chi connectivity index (χ4n) is 2.39. The van der Waals surface area contributed by atoms with E-state index in [2.05, 4.69) is 20.6 Å². The van der Waals surface area contributed by atoms with Crippen molar-refractivity contribution in [1.82, 2.24) is 20.0 Å². The number of nitrogens with one attached hydrogen (secondary N) is 2. The molecule has 1 aromatic rings. The number of ether oxygens (including phenoxy) is 1. The number of amides is 1. The highest BCUT2D eigenvalue weighted by molar-refractivity contribution is 5.97. The Morgan fingerprint density at radius 3 is 2.86 bits per heavy atom. The van der Waals surface area contributed by atoms with Crippen LogP contribution in [0.2, 0.25) is 0 Å². The predicted octanol–water partition coefficient (Wildman–Crippen LogP) is 0.152. The Morgan fingerprint density at radius 2 is 2.19 bits per heavy atom. The molecule has 2 heterocycles. The monoisotopic (exact) mass is 295 g/mol. The number of rotatable bonds is 6. The lowest BCUT2D eigenvalue weighted by Crippen LogP contribution is -2.58. The highest BCUT2D eigenvalue weighted by Gasteiger charge is 2.35. The maximum absolute atomic E-state index is 12.5. The van der Waals surface area contributed by atoms with Crippen molar-refractivity contribution in [3.8, 4) is 0 Å². The van der Waals surface area contributed by atoms with Crippen LogP contribution < -0.4 is 10.6 Å². The molecular formula is C14H25N5O2. The molecule has 0 aromatic carbocycles. The van der Waals surface area contributed by atoms with Crippen molar-refractivity contribution in [3.63, 3.8) is 0 Å². The molecule has 1 amide bonds. The van der Waals surface area contributed by atoms with E-state index in [0.717, 1.165) is 31.9 Å². The number of methoxy groups -OCH3 is 1. The summed E-state index contributed by atoms with van der Waals surface area (Å²) in [6.07, 6.45) is 3.49. The topological polar surface area (TPSA) is 71.4 Å². The molecule has 7 nitrogen and oxygen atoms in total. The number of hydrogen-bond donors (Lipinski definition) is 2. The second kappa shape index (κ2) is 7.02. The van der Waals surface area contributed by atoms with Crippen LogP contribution in [0.4, 0.5) is 5.69 Å². The van der Waals surface area contributed by atoms with Crippen molar-refractivity contribution in [2.24, 2.45) is 0 Å². The molecule has 1 aliphatic heterocycles. The lowest BCUT2D eigenvalue weighted by molar-refractivity contribution is -0.126. The molecule has 0 bridgehead atoms. The molecule has 21 heavy (non-hydrogen) atoms. The van der Waals surface area contributed by atoms with E-state index in [4.69, 9.17) is 4.74 Å². The summed E-state index contributed by atoms with van der Waals surface area (Å²) < 4.78 is 6.77. The summed E-state index contributed by atoms with van der Waals surface area (Å²) >= 11 is 0. The number of piperazine rings is 1. The zero-order valence-electron chi connectivity index (χ0n) is 13.1. The minimum Gasteiger partial charge on any atom is -0.383 e. The Labute approximate surface area is 125 Å². The van der Waals surface area contributed by atoms with E-state index in [9.17, 15) is 4.79 Å². The number of aromatic nitrogens is 2. The third kappa shape index (κ3) is 4.03. The number of nitrogens with zero attached hydrogens (tertiary/aromatic N) is 3. The molecule has 118 valence electrons. The summed E-state index contributed by atoms with van der Waals surface area (Å²) in [6.45, 7) is 8.80. The van der Waals surface area contributed by atoms with E-state index in [0.29, 0.717) is 13.2 Å². The zero-order valence-corrected chi connectivity index (χ0v) is 13.1. The van der Waals surface area contributed by atoms with Gasteiger partial charge in [-0.05, 0) is 13.8 Å². The second-order valence-corrected chi connectivity index (χ2v) is 5.74. The Bertz CT molecular complexity index is 466. The summed E-state index contributed by atoms with van der Waals surface area (Å²) in [7, 11) is 1.65. The van der Waals surface area contributed by atoms with Crippen LogP contribution in [-0.4, -0.2) is 66.0 Å². The molecule has 0 radical (unpaired) electrons. The quantitative estimate of drug-likeness (QED) is 0.782. The summed E-state index contributed by atoms with van der Waals surface area (Å²) in [6, 6.07) is 0. The van der Waals surface area contributed by atoms with Crippen LogP contribution in [0.1, 0.15) is 13.8 Å². The first kappa shape index (κ1) is 15.9. The molecule has 2 N–H and O–H groups in total. The maximum atomic E-state index is 12.5. The fraction of sp³-hybridized carbons (Fsp3) is 0.714. The molecule has 1 aliphatic rings. The van der Waals surface area contributed by atoms with Gasteiger partial charge in [0.2, 0.25) is 5.91 Å². The summed E-state index contributed by atoms with van der Waals surface area (Å²) in [5.74, 6) is -0.00399. The Morgan fingerprint density at radius 1 is 1.48 bits per heavy atom. The number of hydrogen-bond acceptors (Lipinski definition) is 5. The van der Waals surface area contributed by atoms with Crippen LogP contribution in [0.3, 0.4) is 0 Å². The first-order valence-electron chi connectivity index (χ1n) is 7.32. The van der Waals surface area contributed by atoms with Crippen LogP contribution in [0.15, 0.2) is 12.4 Å². The third-order valence-electron chi connectivity index (χ3n) is 3.88. The molecule has 2 rings (SSSR count). The molecule has 0 saturated carbocycles. The molecular weight excluding hydrogens is 270 g/mol. The van der Waals surface area contributed by atoms with Gasteiger partial charge in [0.25, 0.3) is 0 Å². The number of carbonyl (C=O) groups excluding carboxylic acids is 1. The standard InChI is InChI=1S/C14H25N5O2/c1-14(2,18-6-4-15-5-7-18)13(20)17-12-10-16-19(11-12)8-9-21-3/h10-11,15H,4-9H2,1-3H3,(H,17,20). The van der Waals surface area contributed by atoms with E-state index < -0.39 is 5.54 Å². The number of anilines is 1. The van der Waals surface area contributed by atoms with Gasteiger partial charge in [-0.15, -0.1) is 0 Å². The van der Waals surface area contributed by atoms with Gasteiger partial charge in [-0.1, -0.05) is 0 Å². The molecule has 7 heteroatoms. The van der Waals surface area contributed by atoms with Crippen molar-refractivity contribution < 1.29 is 9.53 Å². The first-order chi connectivity index (χ1) is 10.0. The molecule has 0 atom stereocenters. The van der Waals surface area contributed by atoms with Gasteiger partial charge in [-0.2, -0.15) is 5.10 Å². The van der Waals surface area contributed by atoms with Gasteiger partial charge in [0, 0.05) is 39.5 Å². The molecule has 0 spiro atoms. The van der Waals surface area contributed by atoms with Crippen molar-refractivity contribution in [2.45, 2.75) is 25.9 Å². The third-order valence-corrected chi connectivity index (χ3v) is 3.88. The minimum absolute atomic E-state index is 0.00399. The normalized spacial score (nSPS) is 16.9. The van der Waals surface area contributed by atoms with Gasteiger partial charge in [-0.25, -0.2) is 0 Å².